The maximum absolute atomic E-state index is 11.2. The number of benzene rings is 1. The molecule has 0 saturated heterocycles. The summed E-state index contributed by atoms with van der Waals surface area (Å²) in [6.45, 7) is 13.2. The second kappa shape index (κ2) is 7.64. The van der Waals surface area contributed by atoms with Gasteiger partial charge in [0.15, 0.2) is 0 Å². The second-order valence-electron chi connectivity index (χ2n) is 6.47. The van der Waals surface area contributed by atoms with Crippen molar-refractivity contribution < 1.29 is 5.11 Å². The summed E-state index contributed by atoms with van der Waals surface area (Å²) in [5.41, 5.74) is -0.252. The summed E-state index contributed by atoms with van der Waals surface area (Å²) in [5, 5.41) is 11.2. The van der Waals surface area contributed by atoms with E-state index in [9.17, 15) is 5.11 Å². The molecule has 2 nitrogen and oxygen atoms in total. The number of nitrogens with zero attached hydrogens (tertiary/aromatic N) is 1. The molecule has 1 aromatic carbocycles. The Bertz CT molecular complexity index is 474. The molecule has 0 aliphatic rings. The molecule has 0 heterocycles. The Kier molecular flexibility index (Phi) is 6.45. The number of hydrogen-bond donors (Lipinski definition) is 1. The van der Waals surface area contributed by atoms with Crippen LogP contribution in [0.3, 0.4) is 0 Å². The summed E-state index contributed by atoms with van der Waals surface area (Å²) in [6.07, 6.45) is 0.460. The lowest BCUT2D eigenvalue weighted by atomic mass is 9.70. The highest BCUT2D eigenvalue weighted by atomic mass is 16.3. The van der Waals surface area contributed by atoms with E-state index in [1.54, 1.807) is 0 Å². The third-order valence-corrected chi connectivity index (χ3v) is 4.16. The summed E-state index contributed by atoms with van der Waals surface area (Å²) in [7, 11) is 0. The van der Waals surface area contributed by atoms with Crippen molar-refractivity contribution >= 4 is 0 Å². The van der Waals surface area contributed by atoms with Crippen molar-refractivity contribution in [3.63, 3.8) is 0 Å². The summed E-state index contributed by atoms with van der Waals surface area (Å²) in [5.74, 6) is 6.39. The minimum atomic E-state index is -0.926. The first kappa shape index (κ1) is 17.8. The van der Waals surface area contributed by atoms with Gasteiger partial charge in [0, 0.05) is 6.42 Å². The first-order chi connectivity index (χ1) is 9.85. The van der Waals surface area contributed by atoms with E-state index in [0.29, 0.717) is 6.42 Å². The largest absolute Gasteiger partial charge is 0.384 e. The molecule has 0 saturated carbocycles. The Morgan fingerprint density at radius 3 is 2.05 bits per heavy atom. The zero-order valence-electron chi connectivity index (χ0n) is 14.1. The summed E-state index contributed by atoms with van der Waals surface area (Å²) in [4.78, 5) is 2.27. The average Bonchev–Trinajstić information content (AvgIpc) is 2.47. The Morgan fingerprint density at radius 1 is 1.00 bits per heavy atom. The van der Waals surface area contributed by atoms with Gasteiger partial charge in [0.1, 0.15) is 5.60 Å². The van der Waals surface area contributed by atoms with Gasteiger partial charge < -0.3 is 5.11 Å². The molecule has 0 radical (unpaired) electrons. The lowest BCUT2D eigenvalue weighted by Crippen LogP contribution is -2.39. The summed E-state index contributed by atoms with van der Waals surface area (Å²) < 4.78 is 0. The summed E-state index contributed by atoms with van der Waals surface area (Å²) >= 11 is 0. The van der Waals surface area contributed by atoms with Crippen molar-refractivity contribution in [1.29, 1.82) is 0 Å². The van der Waals surface area contributed by atoms with Gasteiger partial charge in [0.25, 0.3) is 0 Å². The predicted molar refractivity (Wildman–Crippen MR) is 90.0 cm³/mol. The third kappa shape index (κ3) is 4.59. The molecule has 21 heavy (non-hydrogen) atoms. The highest BCUT2D eigenvalue weighted by molar-refractivity contribution is 5.27. The normalized spacial score (nSPS) is 14.4. The van der Waals surface area contributed by atoms with E-state index >= 15 is 0 Å². The fourth-order valence-corrected chi connectivity index (χ4v) is 2.32. The second-order valence-corrected chi connectivity index (χ2v) is 6.47. The topological polar surface area (TPSA) is 23.5 Å². The van der Waals surface area contributed by atoms with E-state index in [4.69, 9.17) is 0 Å². The van der Waals surface area contributed by atoms with Crippen LogP contribution in [0.25, 0.3) is 0 Å². The van der Waals surface area contributed by atoms with Crippen LogP contribution in [0.1, 0.15) is 46.6 Å². The smallest absolute Gasteiger partial charge is 0.105 e. The van der Waals surface area contributed by atoms with Gasteiger partial charge in [0.2, 0.25) is 0 Å². The molecule has 1 aromatic rings. The van der Waals surface area contributed by atoms with Crippen LogP contribution < -0.4 is 0 Å². The van der Waals surface area contributed by atoms with Crippen LogP contribution in [0.5, 0.6) is 0 Å². The first-order valence-corrected chi connectivity index (χ1v) is 7.81. The monoisotopic (exact) mass is 287 g/mol. The minimum absolute atomic E-state index is 0.266. The number of rotatable bonds is 5. The van der Waals surface area contributed by atoms with Gasteiger partial charge in [-0.1, -0.05) is 76.8 Å². The Hall–Kier alpha value is -1.30. The fraction of sp³-hybridized carbons (Fsp3) is 0.579. The maximum Gasteiger partial charge on any atom is 0.105 e. The van der Waals surface area contributed by atoms with Crippen LogP contribution in [0.2, 0.25) is 0 Å². The molecule has 0 aliphatic heterocycles. The van der Waals surface area contributed by atoms with Gasteiger partial charge in [-0.2, -0.15) is 0 Å². The third-order valence-electron chi connectivity index (χ3n) is 4.16. The van der Waals surface area contributed by atoms with Crippen LogP contribution in [0.4, 0.5) is 0 Å². The molecule has 0 aliphatic carbocycles. The minimum Gasteiger partial charge on any atom is -0.384 e. The van der Waals surface area contributed by atoms with Gasteiger partial charge in [-0.05, 0) is 24.1 Å². The zero-order chi connectivity index (χ0) is 15.9. The SMILES string of the molecule is CCN(CC)CC#CC[C@](O)(c1ccccc1)C(C)(C)C. The maximum atomic E-state index is 11.2. The first-order valence-electron chi connectivity index (χ1n) is 7.81. The summed E-state index contributed by atoms with van der Waals surface area (Å²) in [6, 6.07) is 9.87. The average molecular weight is 287 g/mol. The van der Waals surface area contributed by atoms with Gasteiger partial charge >= 0.3 is 0 Å². The van der Waals surface area contributed by atoms with Crippen molar-refractivity contribution in [1.82, 2.24) is 4.90 Å². The van der Waals surface area contributed by atoms with E-state index in [-0.39, 0.29) is 5.41 Å². The van der Waals surface area contributed by atoms with E-state index in [0.717, 1.165) is 25.2 Å². The van der Waals surface area contributed by atoms with Crippen LogP contribution in [0, 0.1) is 17.3 Å². The highest BCUT2D eigenvalue weighted by Crippen LogP contribution is 2.41. The van der Waals surface area contributed by atoms with E-state index in [1.165, 1.54) is 0 Å². The van der Waals surface area contributed by atoms with Crippen molar-refractivity contribution in [3.05, 3.63) is 35.9 Å². The fourth-order valence-electron chi connectivity index (χ4n) is 2.32. The molecule has 2 heteroatoms. The Labute approximate surface area is 130 Å². The molecule has 116 valence electrons. The molecule has 1 rings (SSSR count). The predicted octanol–water partition coefficient (Wildman–Crippen LogP) is 3.66. The van der Waals surface area contributed by atoms with Gasteiger partial charge in [-0.15, -0.1) is 0 Å². The molecule has 0 amide bonds. The lowest BCUT2D eigenvalue weighted by molar-refractivity contribution is -0.0598. The standard InChI is InChI=1S/C19H29NO/c1-6-20(7-2)16-12-11-15-19(21,18(3,4)5)17-13-9-8-10-14-17/h8-10,13-14,21H,6-7,15-16H2,1-5H3/t19-/m0/s1. The van der Waals surface area contributed by atoms with Gasteiger partial charge in [-0.25, -0.2) is 0 Å². The molecule has 0 fully saturated rings. The number of aliphatic hydroxyl groups is 1. The van der Waals surface area contributed by atoms with Crippen LogP contribution in [0.15, 0.2) is 30.3 Å². The Balaban J connectivity index is 2.90. The van der Waals surface area contributed by atoms with Crippen molar-refractivity contribution in [2.24, 2.45) is 5.41 Å². The van der Waals surface area contributed by atoms with Crippen LogP contribution in [-0.4, -0.2) is 29.6 Å². The van der Waals surface area contributed by atoms with Crippen molar-refractivity contribution in [3.8, 4) is 11.8 Å². The molecule has 1 atom stereocenters. The van der Waals surface area contributed by atoms with Crippen LogP contribution in [-0.2, 0) is 5.60 Å². The molecular formula is C19H29NO. The molecule has 0 bridgehead atoms. The highest BCUT2D eigenvalue weighted by Gasteiger charge is 2.40. The van der Waals surface area contributed by atoms with Crippen LogP contribution >= 0.6 is 0 Å². The molecular weight excluding hydrogens is 258 g/mol. The molecule has 0 aromatic heterocycles. The number of hydrogen-bond acceptors (Lipinski definition) is 2. The van der Waals surface area contributed by atoms with E-state index in [1.807, 2.05) is 30.3 Å². The van der Waals surface area contributed by atoms with Gasteiger partial charge in [-0.3, -0.25) is 4.90 Å². The van der Waals surface area contributed by atoms with Crippen molar-refractivity contribution in [2.75, 3.05) is 19.6 Å². The molecule has 0 spiro atoms. The van der Waals surface area contributed by atoms with Crippen molar-refractivity contribution in [2.45, 2.75) is 46.6 Å². The van der Waals surface area contributed by atoms with Gasteiger partial charge in [0.05, 0.1) is 6.54 Å². The quantitative estimate of drug-likeness (QED) is 0.836. The molecule has 1 N–H and O–H groups in total. The Morgan fingerprint density at radius 2 is 1.57 bits per heavy atom. The lowest BCUT2D eigenvalue weighted by Gasteiger charge is -2.39. The van der Waals surface area contributed by atoms with E-state index < -0.39 is 5.60 Å². The molecule has 0 unspecified atom stereocenters. The zero-order valence-corrected chi connectivity index (χ0v) is 14.1. The van der Waals surface area contributed by atoms with E-state index in [2.05, 4.69) is 51.4 Å².